The minimum atomic E-state index is -0.0372. The molecule has 1 aromatic heterocycles. The Hall–Kier alpha value is -2.34. The molecule has 0 aliphatic heterocycles. The number of nitrogen functional groups attached to an aromatic ring is 1. The number of hydrogen-bond acceptors (Lipinski definition) is 3. The molecule has 5 nitrogen and oxygen atoms in total. The van der Waals surface area contributed by atoms with Gasteiger partial charge in [-0.15, -0.1) is 17.0 Å². The van der Waals surface area contributed by atoms with E-state index in [1.54, 1.807) is 4.57 Å². The number of hydrogen-bond donors (Lipinski definition) is 2. The van der Waals surface area contributed by atoms with Crippen molar-refractivity contribution >= 4 is 33.8 Å². The van der Waals surface area contributed by atoms with Crippen LogP contribution in [0.5, 0.6) is 0 Å². The van der Waals surface area contributed by atoms with Gasteiger partial charge in [0.1, 0.15) is 0 Å². The molecule has 1 heterocycles. The molecule has 0 radical (unpaired) electrons. The zero-order valence-corrected chi connectivity index (χ0v) is 13.8. The molecule has 0 atom stereocenters. The lowest BCUT2D eigenvalue weighted by Gasteiger charge is -2.04. The van der Waals surface area contributed by atoms with E-state index in [0.29, 0.717) is 5.56 Å². The smallest absolute Gasteiger partial charge is 0.222 e. The van der Waals surface area contributed by atoms with Crippen LogP contribution in [0.2, 0.25) is 0 Å². The number of carbonyl (C=O) groups is 1. The Bertz CT molecular complexity index is 877. The van der Waals surface area contributed by atoms with E-state index < -0.39 is 0 Å². The maximum absolute atomic E-state index is 12.4. The predicted octanol–water partition coefficient (Wildman–Crippen LogP) is 2.41. The Morgan fingerprint density at radius 3 is 2.32 bits per heavy atom. The highest BCUT2D eigenvalue weighted by Crippen LogP contribution is 2.12. The number of aromatic nitrogens is 2. The van der Waals surface area contributed by atoms with E-state index >= 15 is 0 Å². The topological polar surface area (TPSA) is 76.8 Å². The Morgan fingerprint density at radius 1 is 1.09 bits per heavy atom. The number of nitrogens with one attached hydrogen (secondary N) is 1. The number of rotatable bonds is 3. The number of imidazole rings is 1. The van der Waals surface area contributed by atoms with Gasteiger partial charge in [-0.25, -0.2) is 4.68 Å². The van der Waals surface area contributed by atoms with E-state index in [9.17, 15) is 4.79 Å². The molecule has 0 amide bonds. The Kier molecular flexibility index (Phi) is 4.51. The molecule has 0 aliphatic carbocycles. The van der Waals surface area contributed by atoms with Crippen molar-refractivity contribution in [3.05, 3.63) is 65.3 Å². The van der Waals surface area contributed by atoms with Gasteiger partial charge in [0.2, 0.25) is 5.62 Å². The first-order valence-electron chi connectivity index (χ1n) is 6.68. The number of benzene rings is 2. The molecule has 0 saturated heterocycles. The van der Waals surface area contributed by atoms with Crippen LogP contribution >= 0.6 is 17.0 Å². The number of Topliss-reactive ketones (excluding diaryl/α,β-unsaturated/α-hetero) is 1. The summed E-state index contributed by atoms with van der Waals surface area (Å²) in [5, 5.41) is 8.06. The molecule has 0 spiro atoms. The zero-order chi connectivity index (χ0) is 15.0. The highest BCUT2D eigenvalue weighted by atomic mass is 79.9. The van der Waals surface area contributed by atoms with Crippen molar-refractivity contribution in [3.63, 3.8) is 0 Å². The van der Waals surface area contributed by atoms with E-state index in [2.05, 4.69) is 0 Å². The molecule has 0 saturated carbocycles. The number of fused-ring (bicyclic) bond motifs is 1. The standard InChI is InChI=1S/C16H16N4O.BrH/c1-11-6-8-12(9-7-11)15(21)10-19-13-4-2-3-5-14(13)20(18)16(19)17;/h2-9,17H,10,18H2,1H3;1H. The summed E-state index contributed by atoms with van der Waals surface area (Å²) in [7, 11) is 0. The predicted molar refractivity (Wildman–Crippen MR) is 91.8 cm³/mol. The van der Waals surface area contributed by atoms with Crippen LogP contribution in [-0.2, 0) is 6.54 Å². The number of nitrogens with two attached hydrogens (primary N) is 1. The molecule has 0 aliphatic rings. The number of ketones is 1. The molecule has 6 heteroatoms. The SMILES string of the molecule is Br.Cc1ccc(C(=O)Cn2c(=N)n(N)c3ccccc32)cc1. The van der Waals surface area contributed by atoms with Crippen LogP contribution in [0.25, 0.3) is 11.0 Å². The van der Waals surface area contributed by atoms with Crippen molar-refractivity contribution in [1.29, 1.82) is 5.41 Å². The molecule has 0 bridgehead atoms. The van der Waals surface area contributed by atoms with E-state index in [1.165, 1.54) is 4.68 Å². The summed E-state index contributed by atoms with van der Waals surface area (Å²) >= 11 is 0. The fourth-order valence-corrected chi connectivity index (χ4v) is 2.39. The average Bonchev–Trinajstić information content (AvgIpc) is 2.73. The lowest BCUT2D eigenvalue weighted by Crippen LogP contribution is -2.31. The summed E-state index contributed by atoms with van der Waals surface area (Å²) in [5.41, 5.74) is 3.38. The third-order valence-electron chi connectivity index (χ3n) is 3.59. The molecule has 2 aromatic carbocycles. The number of aryl methyl sites for hydroxylation is 1. The summed E-state index contributed by atoms with van der Waals surface area (Å²) in [6, 6.07) is 14.9. The normalized spacial score (nSPS) is 10.4. The van der Waals surface area contributed by atoms with Crippen LogP contribution in [0, 0.1) is 12.3 Å². The van der Waals surface area contributed by atoms with E-state index in [0.717, 1.165) is 16.6 Å². The van der Waals surface area contributed by atoms with E-state index in [-0.39, 0.29) is 34.9 Å². The molecule has 3 aromatic rings. The first kappa shape index (κ1) is 16.0. The van der Waals surface area contributed by atoms with Crippen molar-refractivity contribution in [2.45, 2.75) is 13.5 Å². The molecule has 114 valence electrons. The van der Waals surface area contributed by atoms with Gasteiger partial charge in [0.25, 0.3) is 0 Å². The quantitative estimate of drug-likeness (QED) is 0.555. The van der Waals surface area contributed by atoms with Gasteiger partial charge < -0.3 is 10.4 Å². The third kappa shape index (κ3) is 2.69. The first-order chi connectivity index (χ1) is 10.1. The van der Waals surface area contributed by atoms with Crippen molar-refractivity contribution in [3.8, 4) is 0 Å². The molecule has 22 heavy (non-hydrogen) atoms. The zero-order valence-electron chi connectivity index (χ0n) is 12.1. The second kappa shape index (κ2) is 6.19. The molecule has 3 N–H and O–H groups in total. The van der Waals surface area contributed by atoms with Gasteiger partial charge >= 0.3 is 0 Å². The second-order valence-electron chi connectivity index (χ2n) is 5.06. The van der Waals surface area contributed by atoms with Gasteiger partial charge in [-0.2, -0.15) is 0 Å². The fourth-order valence-electron chi connectivity index (χ4n) is 2.39. The van der Waals surface area contributed by atoms with Crippen molar-refractivity contribution < 1.29 is 4.79 Å². The maximum atomic E-state index is 12.4. The van der Waals surface area contributed by atoms with Crippen LogP contribution in [-0.4, -0.2) is 15.0 Å². The Morgan fingerprint density at radius 2 is 1.68 bits per heavy atom. The lowest BCUT2D eigenvalue weighted by atomic mass is 10.1. The lowest BCUT2D eigenvalue weighted by molar-refractivity contribution is 0.0971. The average molecular weight is 361 g/mol. The monoisotopic (exact) mass is 360 g/mol. The van der Waals surface area contributed by atoms with Crippen LogP contribution in [0.4, 0.5) is 0 Å². The van der Waals surface area contributed by atoms with Gasteiger partial charge in [0, 0.05) is 5.56 Å². The minimum absolute atomic E-state index is 0. The second-order valence-corrected chi connectivity index (χ2v) is 5.06. The van der Waals surface area contributed by atoms with Crippen LogP contribution < -0.4 is 11.5 Å². The van der Waals surface area contributed by atoms with Crippen LogP contribution in [0.15, 0.2) is 48.5 Å². The largest absolute Gasteiger partial charge is 0.336 e. The van der Waals surface area contributed by atoms with Crippen molar-refractivity contribution in [2.75, 3.05) is 5.84 Å². The third-order valence-corrected chi connectivity index (χ3v) is 3.59. The summed E-state index contributed by atoms with van der Waals surface area (Å²) < 4.78 is 2.91. The van der Waals surface area contributed by atoms with E-state index in [4.69, 9.17) is 11.3 Å². The minimum Gasteiger partial charge on any atom is -0.336 e. The molecular weight excluding hydrogens is 344 g/mol. The molecular formula is C16H17BrN4O. The Balaban J connectivity index is 0.00000176. The van der Waals surface area contributed by atoms with E-state index in [1.807, 2.05) is 55.5 Å². The van der Waals surface area contributed by atoms with Gasteiger partial charge in [-0.05, 0) is 19.1 Å². The maximum Gasteiger partial charge on any atom is 0.222 e. The highest BCUT2D eigenvalue weighted by molar-refractivity contribution is 8.93. The molecule has 3 rings (SSSR count). The fraction of sp³-hybridized carbons (Fsp3) is 0.125. The molecule has 0 unspecified atom stereocenters. The molecule has 0 fully saturated rings. The first-order valence-corrected chi connectivity index (χ1v) is 6.68. The number of halogens is 1. The highest BCUT2D eigenvalue weighted by Gasteiger charge is 2.13. The number of para-hydroxylation sites is 2. The van der Waals surface area contributed by atoms with Gasteiger partial charge in [0.15, 0.2) is 5.78 Å². The Labute approximate surface area is 138 Å². The summed E-state index contributed by atoms with van der Waals surface area (Å²) in [6.45, 7) is 2.08. The number of nitrogens with zero attached hydrogens (tertiary/aromatic N) is 2. The van der Waals surface area contributed by atoms with Gasteiger partial charge in [0.05, 0.1) is 17.6 Å². The van der Waals surface area contributed by atoms with Crippen LogP contribution in [0.3, 0.4) is 0 Å². The van der Waals surface area contributed by atoms with Crippen LogP contribution in [0.1, 0.15) is 15.9 Å². The van der Waals surface area contributed by atoms with Crippen molar-refractivity contribution in [1.82, 2.24) is 9.24 Å². The van der Waals surface area contributed by atoms with Crippen molar-refractivity contribution in [2.24, 2.45) is 0 Å². The summed E-state index contributed by atoms with van der Waals surface area (Å²) in [5.74, 6) is 5.83. The van der Waals surface area contributed by atoms with Gasteiger partial charge in [-0.1, -0.05) is 42.0 Å². The van der Waals surface area contributed by atoms with Gasteiger partial charge in [-0.3, -0.25) is 10.2 Å². The number of carbonyl (C=O) groups excluding carboxylic acids is 1. The summed E-state index contributed by atoms with van der Waals surface area (Å²) in [6.07, 6.45) is 0. The summed E-state index contributed by atoms with van der Waals surface area (Å²) in [4.78, 5) is 12.4.